The average molecular weight is 367 g/mol. The first-order valence-electron chi connectivity index (χ1n) is 9.63. The Bertz CT molecular complexity index is 1140. The van der Waals surface area contributed by atoms with Crippen molar-refractivity contribution in [3.05, 3.63) is 83.4 Å². The van der Waals surface area contributed by atoms with Gasteiger partial charge in [0.15, 0.2) is 0 Å². The van der Waals surface area contributed by atoms with E-state index in [0.29, 0.717) is 17.9 Å². The average Bonchev–Trinajstić information content (AvgIpc) is 2.73. The molecular formula is C25H21NO2. The standard InChI is InChI=1S/C25H21NO2/c1-25(2)20-15-27-21-13-12-16-8-6-7-11-18(16)23(21)22(20)19(14-26)24(28-25)17-9-4-3-5-10-17/h3-13,20,22H,15H2,1-2H3/t20-,22-/m0/s1. The molecule has 3 aromatic carbocycles. The summed E-state index contributed by atoms with van der Waals surface area (Å²) in [5.74, 6) is 1.57. The molecule has 0 saturated carbocycles. The van der Waals surface area contributed by atoms with Crippen LogP contribution >= 0.6 is 0 Å². The van der Waals surface area contributed by atoms with Gasteiger partial charge in [0.25, 0.3) is 0 Å². The molecule has 3 nitrogen and oxygen atoms in total. The highest BCUT2D eigenvalue weighted by Crippen LogP contribution is 2.54. The molecule has 0 aliphatic carbocycles. The summed E-state index contributed by atoms with van der Waals surface area (Å²) in [6.45, 7) is 4.73. The lowest BCUT2D eigenvalue weighted by Crippen LogP contribution is -2.47. The van der Waals surface area contributed by atoms with E-state index in [1.165, 1.54) is 0 Å². The molecule has 5 rings (SSSR count). The van der Waals surface area contributed by atoms with Gasteiger partial charge in [0, 0.05) is 23.0 Å². The lowest BCUT2D eigenvalue weighted by Gasteiger charge is -2.47. The number of nitriles is 1. The minimum atomic E-state index is -0.454. The van der Waals surface area contributed by atoms with Gasteiger partial charge in [-0.05, 0) is 30.7 Å². The molecule has 0 radical (unpaired) electrons. The van der Waals surface area contributed by atoms with Crippen LogP contribution in [0.3, 0.4) is 0 Å². The van der Waals surface area contributed by atoms with Crippen molar-refractivity contribution in [3.63, 3.8) is 0 Å². The molecular weight excluding hydrogens is 346 g/mol. The number of ether oxygens (including phenoxy) is 2. The normalized spacial score (nSPS) is 22.5. The van der Waals surface area contributed by atoms with Gasteiger partial charge in [0.05, 0.1) is 18.2 Å². The molecule has 0 amide bonds. The smallest absolute Gasteiger partial charge is 0.141 e. The van der Waals surface area contributed by atoms with E-state index in [0.717, 1.165) is 27.6 Å². The lowest BCUT2D eigenvalue weighted by atomic mass is 9.68. The fourth-order valence-electron chi connectivity index (χ4n) is 4.61. The molecule has 0 unspecified atom stereocenters. The zero-order valence-corrected chi connectivity index (χ0v) is 16.0. The Morgan fingerprint density at radius 2 is 1.71 bits per heavy atom. The molecule has 2 aliphatic heterocycles. The van der Waals surface area contributed by atoms with Crippen molar-refractivity contribution in [1.29, 1.82) is 5.26 Å². The van der Waals surface area contributed by atoms with Crippen molar-refractivity contribution in [2.24, 2.45) is 5.92 Å². The third-order valence-electron chi connectivity index (χ3n) is 6.03. The highest BCUT2D eigenvalue weighted by atomic mass is 16.5. The number of benzene rings is 3. The van der Waals surface area contributed by atoms with Crippen LogP contribution in [0.25, 0.3) is 16.5 Å². The van der Waals surface area contributed by atoms with E-state index >= 15 is 0 Å². The molecule has 2 heterocycles. The summed E-state index contributed by atoms with van der Waals surface area (Å²) >= 11 is 0. The van der Waals surface area contributed by atoms with Crippen molar-refractivity contribution in [1.82, 2.24) is 0 Å². The van der Waals surface area contributed by atoms with Crippen molar-refractivity contribution >= 4 is 16.5 Å². The first-order valence-corrected chi connectivity index (χ1v) is 9.63. The van der Waals surface area contributed by atoms with Gasteiger partial charge >= 0.3 is 0 Å². The molecule has 0 N–H and O–H groups in total. The zero-order valence-electron chi connectivity index (χ0n) is 16.0. The summed E-state index contributed by atoms with van der Waals surface area (Å²) in [6, 6.07) is 24.9. The molecule has 3 aromatic rings. The molecule has 0 aromatic heterocycles. The van der Waals surface area contributed by atoms with E-state index in [-0.39, 0.29) is 11.8 Å². The number of rotatable bonds is 1. The predicted octanol–water partition coefficient (Wildman–Crippen LogP) is 5.68. The second-order valence-corrected chi connectivity index (χ2v) is 8.02. The van der Waals surface area contributed by atoms with Crippen LogP contribution in [0.15, 0.2) is 72.3 Å². The van der Waals surface area contributed by atoms with Crippen LogP contribution in [-0.2, 0) is 4.74 Å². The number of hydrogen-bond acceptors (Lipinski definition) is 3. The Morgan fingerprint density at radius 1 is 0.964 bits per heavy atom. The minimum Gasteiger partial charge on any atom is -0.493 e. The van der Waals surface area contributed by atoms with Gasteiger partial charge in [0.1, 0.15) is 17.1 Å². The monoisotopic (exact) mass is 367 g/mol. The second kappa shape index (κ2) is 6.14. The molecule has 2 atom stereocenters. The molecule has 138 valence electrons. The summed E-state index contributed by atoms with van der Waals surface area (Å²) in [4.78, 5) is 0. The Morgan fingerprint density at radius 3 is 2.50 bits per heavy atom. The first-order chi connectivity index (χ1) is 13.6. The van der Waals surface area contributed by atoms with E-state index in [1.807, 2.05) is 48.5 Å². The Balaban J connectivity index is 1.83. The van der Waals surface area contributed by atoms with Crippen LogP contribution in [0.1, 0.15) is 30.9 Å². The van der Waals surface area contributed by atoms with Crippen LogP contribution in [0.2, 0.25) is 0 Å². The first kappa shape index (κ1) is 16.9. The number of allylic oxidation sites excluding steroid dienone is 1. The number of fused-ring (bicyclic) bond motifs is 5. The largest absolute Gasteiger partial charge is 0.493 e. The van der Waals surface area contributed by atoms with Crippen molar-refractivity contribution in [2.45, 2.75) is 25.4 Å². The van der Waals surface area contributed by atoms with E-state index in [1.54, 1.807) is 0 Å². The maximum Gasteiger partial charge on any atom is 0.141 e. The van der Waals surface area contributed by atoms with Gasteiger partial charge in [-0.15, -0.1) is 0 Å². The summed E-state index contributed by atoms with van der Waals surface area (Å²) in [6.07, 6.45) is 0. The maximum atomic E-state index is 10.2. The molecule has 0 spiro atoms. The van der Waals surface area contributed by atoms with Gasteiger partial charge in [-0.25, -0.2) is 0 Å². The predicted molar refractivity (Wildman–Crippen MR) is 110 cm³/mol. The van der Waals surface area contributed by atoms with Crippen LogP contribution in [0.4, 0.5) is 0 Å². The highest BCUT2D eigenvalue weighted by Gasteiger charge is 2.49. The quantitative estimate of drug-likeness (QED) is 0.556. The molecule has 3 heteroatoms. The summed E-state index contributed by atoms with van der Waals surface area (Å²) < 4.78 is 12.6. The Kier molecular flexibility index (Phi) is 3.70. The summed E-state index contributed by atoms with van der Waals surface area (Å²) in [5.41, 5.74) is 2.29. The number of hydrogen-bond donors (Lipinski definition) is 0. The van der Waals surface area contributed by atoms with Crippen LogP contribution in [-0.4, -0.2) is 12.2 Å². The van der Waals surface area contributed by atoms with Crippen molar-refractivity contribution in [2.75, 3.05) is 6.61 Å². The zero-order chi connectivity index (χ0) is 19.3. The second-order valence-electron chi connectivity index (χ2n) is 8.02. The number of nitrogens with zero attached hydrogens (tertiary/aromatic N) is 1. The van der Waals surface area contributed by atoms with E-state index in [9.17, 15) is 5.26 Å². The van der Waals surface area contributed by atoms with E-state index < -0.39 is 5.60 Å². The van der Waals surface area contributed by atoms with Gasteiger partial charge in [-0.2, -0.15) is 5.26 Å². The SMILES string of the molecule is CC1(C)OC(c2ccccc2)=C(C#N)[C@@H]2c3c(ccc4ccccc34)OC[C@@H]21. The Hall–Kier alpha value is -3.25. The molecule has 28 heavy (non-hydrogen) atoms. The van der Waals surface area contributed by atoms with Crippen molar-refractivity contribution in [3.8, 4) is 11.8 Å². The van der Waals surface area contributed by atoms with E-state index in [4.69, 9.17) is 9.47 Å². The summed E-state index contributed by atoms with van der Waals surface area (Å²) in [5, 5.41) is 12.5. The lowest BCUT2D eigenvalue weighted by molar-refractivity contribution is -0.0306. The highest BCUT2D eigenvalue weighted by molar-refractivity contribution is 5.90. The fourth-order valence-corrected chi connectivity index (χ4v) is 4.61. The van der Waals surface area contributed by atoms with Crippen LogP contribution in [0, 0.1) is 17.2 Å². The maximum absolute atomic E-state index is 10.2. The minimum absolute atomic E-state index is 0.0567. The third-order valence-corrected chi connectivity index (χ3v) is 6.03. The van der Waals surface area contributed by atoms with Gasteiger partial charge in [-0.1, -0.05) is 60.7 Å². The third kappa shape index (κ3) is 2.42. The van der Waals surface area contributed by atoms with Gasteiger partial charge < -0.3 is 9.47 Å². The fraction of sp³-hybridized carbons (Fsp3) is 0.240. The molecule has 0 fully saturated rings. The molecule has 2 aliphatic rings. The van der Waals surface area contributed by atoms with Crippen LogP contribution < -0.4 is 4.74 Å². The van der Waals surface area contributed by atoms with Crippen LogP contribution in [0.5, 0.6) is 5.75 Å². The topological polar surface area (TPSA) is 42.2 Å². The van der Waals surface area contributed by atoms with E-state index in [2.05, 4.69) is 38.1 Å². The molecule has 0 saturated heterocycles. The Labute approximate surface area is 164 Å². The summed E-state index contributed by atoms with van der Waals surface area (Å²) in [7, 11) is 0. The van der Waals surface area contributed by atoms with Gasteiger partial charge in [0.2, 0.25) is 0 Å². The van der Waals surface area contributed by atoms with Gasteiger partial charge in [-0.3, -0.25) is 0 Å². The molecule has 0 bridgehead atoms. The van der Waals surface area contributed by atoms with Crippen molar-refractivity contribution < 1.29 is 9.47 Å².